The number of nitrogens with zero attached hydrogens (tertiary/aromatic N) is 1. The van der Waals surface area contributed by atoms with Gasteiger partial charge in [0.25, 0.3) is 5.91 Å². The van der Waals surface area contributed by atoms with Gasteiger partial charge in [0.1, 0.15) is 11.6 Å². The number of furan rings is 1. The van der Waals surface area contributed by atoms with Gasteiger partial charge in [0.05, 0.1) is 17.0 Å². The Labute approximate surface area is 227 Å². The molecule has 3 N–H and O–H groups in total. The Morgan fingerprint density at radius 3 is 2.63 bits per heavy atom. The van der Waals surface area contributed by atoms with Crippen LogP contribution in [0.3, 0.4) is 0 Å². The number of aliphatic hydroxyl groups is 1. The number of benzene rings is 2. The van der Waals surface area contributed by atoms with Gasteiger partial charge in [-0.25, -0.2) is 8.42 Å². The van der Waals surface area contributed by atoms with Crippen molar-refractivity contribution in [2.45, 2.75) is 56.2 Å². The lowest BCUT2D eigenvalue weighted by Crippen LogP contribution is -2.54. The van der Waals surface area contributed by atoms with Crippen molar-refractivity contribution in [3.8, 4) is 0 Å². The van der Waals surface area contributed by atoms with Crippen molar-refractivity contribution in [3.63, 3.8) is 0 Å². The van der Waals surface area contributed by atoms with Gasteiger partial charge in [-0.05, 0) is 55.5 Å². The molecular weight excluding hydrogens is 530 g/mol. The van der Waals surface area contributed by atoms with E-state index in [0.29, 0.717) is 29.9 Å². The zero-order chi connectivity index (χ0) is 27.4. The van der Waals surface area contributed by atoms with Gasteiger partial charge in [-0.3, -0.25) is 9.59 Å². The third-order valence-electron chi connectivity index (χ3n) is 6.52. The Morgan fingerprint density at radius 1 is 1.16 bits per heavy atom. The average Bonchev–Trinajstić information content (AvgIpc) is 3.22. The van der Waals surface area contributed by atoms with Gasteiger partial charge < -0.3 is 20.2 Å². The van der Waals surface area contributed by atoms with Gasteiger partial charge in [-0.15, -0.1) is 0 Å². The van der Waals surface area contributed by atoms with Crippen molar-refractivity contribution in [1.82, 2.24) is 14.9 Å². The summed E-state index contributed by atoms with van der Waals surface area (Å²) in [4.78, 5) is 26.2. The van der Waals surface area contributed by atoms with Crippen LogP contribution in [0.5, 0.6) is 0 Å². The SMILES string of the molecule is CC(C)C[C@H](NC(=O)c1cc2ccccc2o1)C(=O)NC1CCCN(S(=O)(=O)c2cccc(Cl)c2)CC1O. The number of amides is 2. The van der Waals surface area contributed by atoms with Gasteiger partial charge in [0, 0.05) is 23.5 Å². The van der Waals surface area contributed by atoms with Crippen LogP contribution in [0.1, 0.15) is 43.7 Å². The van der Waals surface area contributed by atoms with Crippen molar-refractivity contribution in [3.05, 3.63) is 65.4 Å². The quantitative estimate of drug-likeness (QED) is 0.386. The monoisotopic (exact) mass is 561 g/mol. The highest BCUT2D eigenvalue weighted by molar-refractivity contribution is 7.89. The van der Waals surface area contributed by atoms with Crippen LogP contribution in [0, 0.1) is 5.92 Å². The molecule has 3 atom stereocenters. The lowest BCUT2D eigenvalue weighted by Gasteiger charge is -2.27. The van der Waals surface area contributed by atoms with E-state index in [1.165, 1.54) is 16.4 Å². The first-order valence-corrected chi connectivity index (χ1v) is 14.4. The summed E-state index contributed by atoms with van der Waals surface area (Å²) in [5.41, 5.74) is 0.571. The fraction of sp³-hybridized carbons (Fsp3) is 0.407. The zero-order valence-corrected chi connectivity index (χ0v) is 22.8. The van der Waals surface area contributed by atoms with E-state index in [9.17, 15) is 23.1 Å². The highest BCUT2D eigenvalue weighted by atomic mass is 35.5. The van der Waals surface area contributed by atoms with E-state index in [1.54, 1.807) is 24.3 Å². The molecule has 0 saturated carbocycles. The second-order valence-electron chi connectivity index (χ2n) is 9.95. The summed E-state index contributed by atoms with van der Waals surface area (Å²) in [5, 5.41) is 17.6. The van der Waals surface area contributed by atoms with E-state index in [4.69, 9.17) is 16.0 Å². The summed E-state index contributed by atoms with van der Waals surface area (Å²) in [6.45, 7) is 3.88. The normalized spacial score (nSPS) is 19.7. The Bertz CT molecular complexity index is 1370. The molecular formula is C27H32ClN3O6S. The molecule has 1 aliphatic heterocycles. The first-order valence-electron chi connectivity index (χ1n) is 12.6. The van der Waals surface area contributed by atoms with Gasteiger partial charge in [0.15, 0.2) is 5.76 Å². The summed E-state index contributed by atoms with van der Waals surface area (Å²) >= 11 is 5.98. The van der Waals surface area contributed by atoms with E-state index in [2.05, 4.69) is 10.6 Å². The topological polar surface area (TPSA) is 129 Å². The van der Waals surface area contributed by atoms with E-state index < -0.39 is 40.0 Å². The smallest absolute Gasteiger partial charge is 0.287 e. The molecule has 1 saturated heterocycles. The number of sulfonamides is 1. The van der Waals surface area contributed by atoms with Crippen LogP contribution < -0.4 is 10.6 Å². The Kier molecular flexibility index (Phi) is 8.77. The van der Waals surface area contributed by atoms with E-state index in [-0.39, 0.29) is 29.7 Å². The number of hydrogen-bond acceptors (Lipinski definition) is 6. The summed E-state index contributed by atoms with van der Waals surface area (Å²) < 4.78 is 33.1. The van der Waals surface area contributed by atoms with Crippen LogP contribution >= 0.6 is 11.6 Å². The third-order valence-corrected chi connectivity index (χ3v) is 8.61. The maximum atomic E-state index is 13.3. The zero-order valence-electron chi connectivity index (χ0n) is 21.3. The van der Waals surface area contributed by atoms with Gasteiger partial charge in [-0.1, -0.05) is 49.7 Å². The molecule has 2 heterocycles. The lowest BCUT2D eigenvalue weighted by molar-refractivity contribution is -0.125. The van der Waals surface area contributed by atoms with Gasteiger partial charge >= 0.3 is 0 Å². The van der Waals surface area contributed by atoms with Crippen molar-refractivity contribution in [1.29, 1.82) is 0 Å². The van der Waals surface area contributed by atoms with E-state index in [0.717, 1.165) is 5.39 Å². The van der Waals surface area contributed by atoms with Crippen LogP contribution in [-0.2, 0) is 14.8 Å². The van der Waals surface area contributed by atoms with Crippen molar-refractivity contribution < 1.29 is 27.5 Å². The number of fused-ring (bicyclic) bond motifs is 1. The maximum absolute atomic E-state index is 13.3. The molecule has 0 bridgehead atoms. The number of rotatable bonds is 8. The number of hydrogen-bond donors (Lipinski definition) is 3. The maximum Gasteiger partial charge on any atom is 0.287 e. The van der Waals surface area contributed by atoms with E-state index in [1.807, 2.05) is 32.0 Å². The molecule has 204 valence electrons. The molecule has 1 fully saturated rings. The minimum Gasteiger partial charge on any atom is -0.451 e. The molecule has 0 spiro atoms. The van der Waals surface area contributed by atoms with E-state index >= 15 is 0 Å². The fourth-order valence-electron chi connectivity index (χ4n) is 4.58. The Morgan fingerprint density at radius 2 is 1.92 bits per heavy atom. The van der Waals surface area contributed by atoms with Gasteiger partial charge in [0.2, 0.25) is 15.9 Å². The molecule has 2 unspecified atom stereocenters. The minimum atomic E-state index is -3.87. The molecule has 1 aliphatic rings. The summed E-state index contributed by atoms with van der Waals surface area (Å²) in [6.07, 6.45) is 0.0410. The molecule has 11 heteroatoms. The average molecular weight is 562 g/mol. The van der Waals surface area contributed by atoms with Crippen LogP contribution in [0.25, 0.3) is 11.0 Å². The molecule has 2 amide bonds. The van der Waals surface area contributed by atoms with Crippen LogP contribution in [0.15, 0.2) is 63.9 Å². The molecule has 0 radical (unpaired) electrons. The second-order valence-corrected chi connectivity index (χ2v) is 12.3. The number of nitrogens with one attached hydrogen (secondary N) is 2. The predicted molar refractivity (Wildman–Crippen MR) is 144 cm³/mol. The molecule has 0 aliphatic carbocycles. The summed E-state index contributed by atoms with van der Waals surface area (Å²) in [5.74, 6) is -0.760. The predicted octanol–water partition coefficient (Wildman–Crippen LogP) is 3.56. The standard InChI is InChI=1S/C27H32ClN3O6S/c1-17(2)13-22(30-27(34)25-14-18-7-3-4-11-24(18)37-25)26(33)29-21-10-6-12-31(16-23(21)32)38(35,36)20-9-5-8-19(28)15-20/h3-5,7-9,11,14-15,17,21-23,32H,6,10,12-13,16H2,1-2H3,(H,29,33)(H,30,34)/t21?,22-,23?/m0/s1. The first kappa shape index (κ1) is 28.1. The number of para-hydroxylation sites is 1. The van der Waals surface area contributed by atoms with Crippen LogP contribution in [0.4, 0.5) is 0 Å². The second kappa shape index (κ2) is 11.9. The third kappa shape index (κ3) is 6.55. The Balaban J connectivity index is 1.44. The fourth-order valence-corrected chi connectivity index (χ4v) is 6.38. The molecule has 9 nitrogen and oxygen atoms in total. The molecule has 38 heavy (non-hydrogen) atoms. The molecule has 2 aromatic carbocycles. The number of carbonyl (C=O) groups excluding carboxylic acids is 2. The number of β-amino-alcohol motifs (C(OH)–C–C–N with tert-alkyl or cyclic N) is 1. The van der Waals surface area contributed by atoms with Gasteiger partial charge in [-0.2, -0.15) is 4.31 Å². The summed E-state index contributed by atoms with van der Waals surface area (Å²) in [6, 6.07) is 13.3. The van der Waals surface area contributed by atoms with Crippen molar-refractivity contribution in [2.24, 2.45) is 5.92 Å². The number of carbonyl (C=O) groups is 2. The molecule has 1 aromatic heterocycles. The molecule has 4 rings (SSSR count). The number of halogens is 1. The highest BCUT2D eigenvalue weighted by Gasteiger charge is 2.35. The highest BCUT2D eigenvalue weighted by Crippen LogP contribution is 2.24. The van der Waals surface area contributed by atoms with Crippen LogP contribution in [0.2, 0.25) is 5.02 Å². The summed E-state index contributed by atoms with van der Waals surface area (Å²) in [7, 11) is -3.87. The Hall–Kier alpha value is -2.92. The molecule has 3 aromatic rings. The van der Waals surface area contributed by atoms with Crippen molar-refractivity contribution in [2.75, 3.05) is 13.1 Å². The first-order chi connectivity index (χ1) is 18.0. The van der Waals surface area contributed by atoms with Crippen LogP contribution in [-0.4, -0.2) is 60.9 Å². The largest absolute Gasteiger partial charge is 0.451 e. The lowest BCUT2D eigenvalue weighted by atomic mass is 10.0. The van der Waals surface area contributed by atoms with Crippen molar-refractivity contribution >= 4 is 44.4 Å². The minimum absolute atomic E-state index is 0.0463. The number of aliphatic hydroxyl groups excluding tert-OH is 1.